The minimum Gasteiger partial charge on any atom is -0.319 e. The zero-order valence-electron chi connectivity index (χ0n) is 10.4. The van der Waals surface area contributed by atoms with Crippen LogP contribution in [0, 0.1) is 12.8 Å². The zero-order chi connectivity index (χ0) is 11.4. The number of nitrogens with one attached hydrogen (secondary N) is 1. The van der Waals surface area contributed by atoms with Crippen LogP contribution in [0.4, 0.5) is 0 Å². The first kappa shape index (κ1) is 11.6. The molecular formula is C14H22N2. The van der Waals surface area contributed by atoms with Crippen LogP contribution in [-0.2, 0) is 6.54 Å². The van der Waals surface area contributed by atoms with Gasteiger partial charge in [-0.05, 0) is 50.5 Å². The standard InChI is InChI=1S/C14H22N2/c1-12-5-3-4-6-14(12)11-16-8-7-13(10-16)9-15-2/h3-6,13,15H,7-11H2,1-2H3. The third-order valence-corrected chi connectivity index (χ3v) is 3.52. The van der Waals surface area contributed by atoms with E-state index >= 15 is 0 Å². The first-order valence-electron chi connectivity index (χ1n) is 6.21. The van der Waals surface area contributed by atoms with E-state index in [1.165, 1.54) is 30.6 Å². The summed E-state index contributed by atoms with van der Waals surface area (Å²) in [5, 5.41) is 3.28. The Morgan fingerprint density at radius 3 is 2.94 bits per heavy atom. The van der Waals surface area contributed by atoms with Crippen molar-refractivity contribution in [3.05, 3.63) is 35.4 Å². The van der Waals surface area contributed by atoms with E-state index < -0.39 is 0 Å². The van der Waals surface area contributed by atoms with Crippen molar-refractivity contribution < 1.29 is 0 Å². The topological polar surface area (TPSA) is 15.3 Å². The molecule has 1 aromatic rings. The lowest BCUT2D eigenvalue weighted by molar-refractivity contribution is 0.315. The van der Waals surface area contributed by atoms with Crippen LogP contribution in [0.15, 0.2) is 24.3 Å². The molecule has 1 aliphatic rings. The van der Waals surface area contributed by atoms with Crippen molar-refractivity contribution in [2.75, 3.05) is 26.7 Å². The summed E-state index contributed by atoms with van der Waals surface area (Å²) in [5.74, 6) is 0.842. The van der Waals surface area contributed by atoms with E-state index in [0.717, 1.165) is 19.0 Å². The Hall–Kier alpha value is -0.860. The third-order valence-electron chi connectivity index (χ3n) is 3.52. The van der Waals surface area contributed by atoms with Gasteiger partial charge in [0.15, 0.2) is 0 Å². The summed E-state index contributed by atoms with van der Waals surface area (Å²) in [6.07, 6.45) is 1.34. The number of likely N-dealkylation sites (tertiary alicyclic amines) is 1. The predicted octanol–water partition coefficient (Wildman–Crippen LogP) is 2.04. The van der Waals surface area contributed by atoms with Crippen molar-refractivity contribution in [1.29, 1.82) is 0 Å². The molecule has 2 heteroatoms. The van der Waals surface area contributed by atoms with E-state index in [9.17, 15) is 0 Å². The Labute approximate surface area is 98.7 Å². The van der Waals surface area contributed by atoms with Gasteiger partial charge in [-0.25, -0.2) is 0 Å². The number of aryl methyl sites for hydroxylation is 1. The second-order valence-electron chi connectivity index (χ2n) is 4.87. The van der Waals surface area contributed by atoms with Crippen LogP contribution in [0.1, 0.15) is 17.5 Å². The smallest absolute Gasteiger partial charge is 0.0236 e. The van der Waals surface area contributed by atoms with Crippen LogP contribution in [0.3, 0.4) is 0 Å². The SMILES string of the molecule is CNCC1CCN(Cc2ccccc2C)C1. The second-order valence-corrected chi connectivity index (χ2v) is 4.87. The number of benzene rings is 1. The van der Waals surface area contributed by atoms with Crippen molar-refractivity contribution in [3.63, 3.8) is 0 Å². The highest BCUT2D eigenvalue weighted by Crippen LogP contribution is 2.19. The van der Waals surface area contributed by atoms with Crippen LogP contribution in [0.5, 0.6) is 0 Å². The maximum atomic E-state index is 3.28. The average molecular weight is 218 g/mol. The normalized spacial score (nSPS) is 21.5. The van der Waals surface area contributed by atoms with E-state index in [4.69, 9.17) is 0 Å². The van der Waals surface area contributed by atoms with Gasteiger partial charge < -0.3 is 5.32 Å². The van der Waals surface area contributed by atoms with Crippen LogP contribution in [0.25, 0.3) is 0 Å². The van der Waals surface area contributed by atoms with Gasteiger partial charge in [0, 0.05) is 13.1 Å². The monoisotopic (exact) mass is 218 g/mol. The maximum Gasteiger partial charge on any atom is 0.0236 e. The maximum absolute atomic E-state index is 3.28. The van der Waals surface area contributed by atoms with Crippen LogP contribution < -0.4 is 5.32 Å². The molecule has 0 aliphatic carbocycles. The quantitative estimate of drug-likeness (QED) is 0.832. The Bertz CT molecular complexity index is 335. The Morgan fingerprint density at radius 2 is 2.19 bits per heavy atom. The summed E-state index contributed by atoms with van der Waals surface area (Å²) >= 11 is 0. The van der Waals surface area contributed by atoms with Crippen LogP contribution in [-0.4, -0.2) is 31.6 Å². The fourth-order valence-corrected chi connectivity index (χ4v) is 2.54. The number of nitrogens with zero attached hydrogens (tertiary/aromatic N) is 1. The number of rotatable bonds is 4. The molecule has 2 rings (SSSR count). The molecule has 2 nitrogen and oxygen atoms in total. The average Bonchev–Trinajstić information content (AvgIpc) is 2.70. The summed E-state index contributed by atoms with van der Waals surface area (Å²) in [7, 11) is 2.05. The Balaban J connectivity index is 1.90. The van der Waals surface area contributed by atoms with E-state index in [1.54, 1.807) is 0 Å². The zero-order valence-corrected chi connectivity index (χ0v) is 10.4. The second kappa shape index (κ2) is 5.46. The van der Waals surface area contributed by atoms with Crippen molar-refractivity contribution in [2.24, 2.45) is 5.92 Å². The molecule has 1 atom stereocenters. The summed E-state index contributed by atoms with van der Waals surface area (Å²) < 4.78 is 0. The minimum atomic E-state index is 0.842. The molecule has 88 valence electrons. The van der Waals surface area contributed by atoms with E-state index in [1.807, 2.05) is 7.05 Å². The van der Waals surface area contributed by atoms with Gasteiger partial charge in [-0.15, -0.1) is 0 Å². The molecule has 0 bridgehead atoms. The fraction of sp³-hybridized carbons (Fsp3) is 0.571. The Kier molecular flexibility index (Phi) is 3.97. The lowest BCUT2D eigenvalue weighted by Gasteiger charge is -2.17. The summed E-state index contributed by atoms with van der Waals surface area (Å²) in [4.78, 5) is 2.57. The van der Waals surface area contributed by atoms with Gasteiger partial charge in [-0.3, -0.25) is 4.90 Å². The third kappa shape index (κ3) is 2.83. The lowest BCUT2D eigenvalue weighted by atomic mass is 10.1. The highest BCUT2D eigenvalue weighted by Gasteiger charge is 2.21. The number of hydrogen-bond acceptors (Lipinski definition) is 2. The molecule has 1 fully saturated rings. The molecule has 1 heterocycles. The largest absolute Gasteiger partial charge is 0.319 e. The van der Waals surface area contributed by atoms with Gasteiger partial charge in [0.05, 0.1) is 0 Å². The van der Waals surface area contributed by atoms with Crippen molar-refractivity contribution in [3.8, 4) is 0 Å². The predicted molar refractivity (Wildman–Crippen MR) is 68.5 cm³/mol. The van der Waals surface area contributed by atoms with E-state index in [0.29, 0.717) is 0 Å². The van der Waals surface area contributed by atoms with Gasteiger partial charge in [0.1, 0.15) is 0 Å². The van der Waals surface area contributed by atoms with Crippen LogP contribution in [0.2, 0.25) is 0 Å². The summed E-state index contributed by atoms with van der Waals surface area (Å²) in [6.45, 7) is 6.98. The van der Waals surface area contributed by atoms with Gasteiger partial charge in [0.2, 0.25) is 0 Å². The first-order chi connectivity index (χ1) is 7.79. The molecular weight excluding hydrogens is 196 g/mol. The van der Waals surface area contributed by atoms with Gasteiger partial charge in [-0.2, -0.15) is 0 Å². The molecule has 16 heavy (non-hydrogen) atoms. The molecule has 1 aliphatic heterocycles. The molecule has 1 N–H and O–H groups in total. The number of hydrogen-bond donors (Lipinski definition) is 1. The van der Waals surface area contributed by atoms with Crippen LogP contribution >= 0.6 is 0 Å². The molecule has 0 radical (unpaired) electrons. The molecule has 1 unspecified atom stereocenters. The molecule has 0 spiro atoms. The van der Waals surface area contributed by atoms with E-state index in [-0.39, 0.29) is 0 Å². The van der Waals surface area contributed by atoms with Gasteiger partial charge >= 0.3 is 0 Å². The fourth-order valence-electron chi connectivity index (χ4n) is 2.54. The van der Waals surface area contributed by atoms with Crippen molar-refractivity contribution in [1.82, 2.24) is 10.2 Å². The van der Waals surface area contributed by atoms with Crippen molar-refractivity contribution in [2.45, 2.75) is 19.9 Å². The lowest BCUT2D eigenvalue weighted by Crippen LogP contribution is -2.24. The Morgan fingerprint density at radius 1 is 1.38 bits per heavy atom. The highest BCUT2D eigenvalue weighted by atomic mass is 15.1. The molecule has 0 amide bonds. The van der Waals surface area contributed by atoms with Gasteiger partial charge in [-0.1, -0.05) is 24.3 Å². The highest BCUT2D eigenvalue weighted by molar-refractivity contribution is 5.25. The minimum absolute atomic E-state index is 0.842. The molecule has 0 saturated carbocycles. The summed E-state index contributed by atoms with van der Waals surface area (Å²) in [5.41, 5.74) is 2.90. The molecule has 1 saturated heterocycles. The van der Waals surface area contributed by atoms with Gasteiger partial charge in [0.25, 0.3) is 0 Å². The summed E-state index contributed by atoms with van der Waals surface area (Å²) in [6, 6.07) is 8.72. The van der Waals surface area contributed by atoms with E-state index in [2.05, 4.69) is 41.4 Å². The van der Waals surface area contributed by atoms with Crippen molar-refractivity contribution >= 4 is 0 Å². The molecule has 1 aromatic carbocycles. The first-order valence-corrected chi connectivity index (χ1v) is 6.21. The molecule has 0 aromatic heterocycles.